The number of amides is 1. The van der Waals surface area contributed by atoms with Crippen LogP contribution in [0, 0.1) is 0 Å². The number of likely N-dealkylation sites (tertiary alicyclic amines) is 1. The minimum atomic E-state index is 0.418. The first-order valence-electron chi connectivity index (χ1n) is 16.2. The van der Waals surface area contributed by atoms with Crippen LogP contribution in [0.2, 0.25) is 0 Å². The molecule has 7 rings (SSSR count). The predicted molar refractivity (Wildman–Crippen MR) is 179 cm³/mol. The molecular weight excluding hydrogens is 564 g/mol. The molecule has 4 heterocycles. The summed E-state index contributed by atoms with van der Waals surface area (Å²) in [6, 6.07) is 19.2. The number of carbonyl (C=O) groups excluding carboxylic acids is 1. The fourth-order valence-electron chi connectivity index (χ4n) is 6.36. The fourth-order valence-corrected chi connectivity index (χ4v) is 6.36. The molecule has 2 fully saturated rings. The zero-order chi connectivity index (χ0) is 31.4. The van der Waals surface area contributed by atoms with Gasteiger partial charge in [-0.1, -0.05) is 60.7 Å². The van der Waals surface area contributed by atoms with E-state index >= 15 is 0 Å². The molecule has 2 aromatic carbocycles. The van der Waals surface area contributed by atoms with Crippen LogP contribution in [-0.4, -0.2) is 98.2 Å². The average molecular weight is 613 g/mol. The van der Waals surface area contributed by atoms with Crippen molar-refractivity contribution < 1.29 is 14.3 Å². The van der Waals surface area contributed by atoms with Gasteiger partial charge in [0, 0.05) is 56.7 Å². The van der Waals surface area contributed by atoms with Gasteiger partial charge in [-0.05, 0) is 63.4 Å². The summed E-state index contributed by atoms with van der Waals surface area (Å²) in [6.07, 6.45) is 9.22. The molecule has 1 amide bonds. The molecule has 4 aliphatic rings. The first-order valence-corrected chi connectivity index (χ1v) is 16.2. The van der Waals surface area contributed by atoms with Crippen LogP contribution < -0.4 is 9.64 Å². The number of hydrogen-bond acceptors (Lipinski definition) is 8. The van der Waals surface area contributed by atoms with Crippen molar-refractivity contribution >= 4 is 17.9 Å². The molecule has 0 unspecified atom stereocenters. The van der Waals surface area contributed by atoms with Crippen LogP contribution in [0.4, 0.5) is 5.82 Å². The number of nitrogens with zero attached hydrogens (tertiary/aromatic N) is 6. The standard InChI is InChI=1S/C23H27N5O2.C8H10O.C5H11N/c1-30-23-24-20-15-28(21-8-4-6-17-5-2-3-7-18(17)21)10-9-19(20)22(25-23)27-13-11-26(16-29)12-14-27;1-9-7-8-5-3-2-4-6-8;1-6-4-2-3-5-6/h2-3,5,7-8,16H,4,6,9-15H2,1H3;2-6H,7H2,1H3;2-5H2,1H3. The van der Waals surface area contributed by atoms with Gasteiger partial charge in [0.05, 0.1) is 26.0 Å². The van der Waals surface area contributed by atoms with Crippen molar-refractivity contribution in [2.24, 2.45) is 0 Å². The molecule has 0 spiro atoms. The maximum absolute atomic E-state index is 11.1. The topological polar surface area (TPSA) is 74.3 Å². The summed E-state index contributed by atoms with van der Waals surface area (Å²) in [5.41, 5.74) is 7.58. The Bertz CT molecular complexity index is 1400. The van der Waals surface area contributed by atoms with Crippen molar-refractivity contribution in [1.82, 2.24) is 24.7 Å². The van der Waals surface area contributed by atoms with Gasteiger partial charge in [-0.25, -0.2) is 0 Å². The highest BCUT2D eigenvalue weighted by Crippen LogP contribution is 2.35. The highest BCUT2D eigenvalue weighted by Gasteiger charge is 2.29. The van der Waals surface area contributed by atoms with Crippen LogP contribution in [0.25, 0.3) is 5.70 Å². The second-order valence-corrected chi connectivity index (χ2v) is 12.0. The molecule has 9 nitrogen and oxygen atoms in total. The Morgan fingerprint density at radius 2 is 1.56 bits per heavy atom. The largest absolute Gasteiger partial charge is 0.467 e. The zero-order valence-electron chi connectivity index (χ0n) is 27.2. The van der Waals surface area contributed by atoms with E-state index in [1.807, 2.05) is 35.2 Å². The summed E-state index contributed by atoms with van der Waals surface area (Å²) < 4.78 is 10.4. The summed E-state index contributed by atoms with van der Waals surface area (Å²) in [5.74, 6) is 0.972. The van der Waals surface area contributed by atoms with Crippen molar-refractivity contribution in [3.05, 3.63) is 88.6 Å². The summed E-state index contributed by atoms with van der Waals surface area (Å²) in [4.78, 5) is 29.4. The normalized spacial score (nSPS) is 17.6. The van der Waals surface area contributed by atoms with Crippen LogP contribution in [-0.2, 0) is 35.5 Å². The number of hydrogen-bond donors (Lipinski definition) is 0. The minimum Gasteiger partial charge on any atom is -0.467 e. The quantitative estimate of drug-likeness (QED) is 0.373. The van der Waals surface area contributed by atoms with E-state index in [1.165, 1.54) is 53.9 Å². The lowest BCUT2D eigenvalue weighted by Crippen LogP contribution is -2.46. The van der Waals surface area contributed by atoms with Gasteiger partial charge >= 0.3 is 6.01 Å². The molecule has 0 saturated carbocycles. The highest BCUT2D eigenvalue weighted by molar-refractivity contribution is 5.69. The van der Waals surface area contributed by atoms with E-state index in [0.717, 1.165) is 76.5 Å². The SMILES string of the molecule is CN1CCCC1.COCc1ccccc1.COc1nc2c(c(N3CCN(C=O)CC3)n1)CCN(C1=CCCc3ccccc31)C2. The Kier molecular flexibility index (Phi) is 11.8. The Morgan fingerprint density at radius 3 is 2.22 bits per heavy atom. The van der Waals surface area contributed by atoms with Crippen LogP contribution in [0.1, 0.15) is 47.2 Å². The van der Waals surface area contributed by atoms with Gasteiger partial charge in [-0.15, -0.1) is 0 Å². The van der Waals surface area contributed by atoms with Gasteiger partial charge in [0.2, 0.25) is 6.41 Å². The number of rotatable bonds is 6. The number of anilines is 1. The van der Waals surface area contributed by atoms with E-state index in [4.69, 9.17) is 19.4 Å². The molecule has 3 aliphatic heterocycles. The Balaban J connectivity index is 0.000000218. The molecule has 240 valence electrons. The number of carbonyl (C=O) groups is 1. The lowest BCUT2D eigenvalue weighted by molar-refractivity contribution is -0.118. The monoisotopic (exact) mass is 612 g/mol. The second-order valence-electron chi connectivity index (χ2n) is 12.0. The van der Waals surface area contributed by atoms with Crippen LogP contribution in [0.15, 0.2) is 60.7 Å². The third kappa shape index (κ3) is 8.61. The number of aromatic nitrogens is 2. The van der Waals surface area contributed by atoms with Crippen molar-refractivity contribution in [1.29, 1.82) is 0 Å². The molecule has 0 radical (unpaired) electrons. The molecule has 3 aromatic rings. The van der Waals surface area contributed by atoms with Gasteiger partial charge in [-0.2, -0.15) is 9.97 Å². The molecular formula is C36H48N6O3. The highest BCUT2D eigenvalue weighted by atomic mass is 16.5. The van der Waals surface area contributed by atoms with E-state index in [1.54, 1.807) is 14.2 Å². The van der Waals surface area contributed by atoms with Crippen molar-refractivity contribution in [3.8, 4) is 6.01 Å². The summed E-state index contributed by atoms with van der Waals surface area (Å²) >= 11 is 0. The van der Waals surface area contributed by atoms with E-state index in [2.05, 4.69) is 52.1 Å². The van der Waals surface area contributed by atoms with Crippen LogP contribution in [0.3, 0.4) is 0 Å². The van der Waals surface area contributed by atoms with E-state index in [0.29, 0.717) is 12.6 Å². The maximum atomic E-state index is 11.1. The number of fused-ring (bicyclic) bond motifs is 2. The number of ether oxygens (including phenoxy) is 2. The predicted octanol–water partition coefficient (Wildman–Crippen LogP) is 4.65. The third-order valence-corrected chi connectivity index (χ3v) is 8.84. The Labute approximate surface area is 268 Å². The van der Waals surface area contributed by atoms with Gasteiger partial charge in [-0.3, -0.25) is 4.79 Å². The minimum absolute atomic E-state index is 0.418. The molecule has 45 heavy (non-hydrogen) atoms. The lowest BCUT2D eigenvalue weighted by atomic mass is 9.92. The summed E-state index contributed by atoms with van der Waals surface area (Å²) in [5, 5.41) is 0. The maximum Gasteiger partial charge on any atom is 0.318 e. The number of benzene rings is 2. The fraction of sp³-hybridized carbons (Fsp3) is 0.472. The molecule has 2 saturated heterocycles. The molecule has 1 aromatic heterocycles. The lowest BCUT2D eigenvalue weighted by Gasteiger charge is -2.38. The van der Waals surface area contributed by atoms with E-state index in [9.17, 15) is 4.79 Å². The van der Waals surface area contributed by atoms with Gasteiger partial charge < -0.3 is 29.1 Å². The third-order valence-electron chi connectivity index (χ3n) is 8.84. The first-order chi connectivity index (χ1) is 22.1. The van der Waals surface area contributed by atoms with Gasteiger partial charge in [0.25, 0.3) is 0 Å². The average Bonchev–Trinajstić information content (AvgIpc) is 3.59. The summed E-state index contributed by atoms with van der Waals surface area (Å²) in [6.45, 7) is 8.07. The van der Waals surface area contributed by atoms with Crippen molar-refractivity contribution in [3.63, 3.8) is 0 Å². The molecule has 9 heteroatoms. The Morgan fingerprint density at radius 1 is 0.822 bits per heavy atom. The van der Waals surface area contributed by atoms with Crippen LogP contribution in [0.5, 0.6) is 6.01 Å². The number of methoxy groups -OCH3 is 2. The Hall–Kier alpha value is -3.95. The van der Waals surface area contributed by atoms with Gasteiger partial charge in [0.15, 0.2) is 0 Å². The van der Waals surface area contributed by atoms with Crippen molar-refractivity contribution in [2.45, 2.75) is 45.3 Å². The number of aryl methyl sites for hydroxylation is 1. The van der Waals surface area contributed by atoms with E-state index in [-0.39, 0.29) is 0 Å². The summed E-state index contributed by atoms with van der Waals surface area (Å²) in [7, 11) is 5.50. The van der Waals surface area contributed by atoms with Gasteiger partial charge in [0.1, 0.15) is 5.82 Å². The molecule has 1 aliphatic carbocycles. The molecule has 0 atom stereocenters. The second kappa shape index (κ2) is 16.4. The number of piperazine rings is 1. The van der Waals surface area contributed by atoms with Crippen molar-refractivity contribution in [2.75, 3.05) is 72.0 Å². The van der Waals surface area contributed by atoms with Crippen LogP contribution >= 0.6 is 0 Å². The molecule has 0 bridgehead atoms. The molecule has 0 N–H and O–H groups in total. The van der Waals surface area contributed by atoms with E-state index < -0.39 is 0 Å². The zero-order valence-corrected chi connectivity index (χ0v) is 27.2. The first kappa shape index (κ1) is 32.4. The number of allylic oxidation sites excluding steroid dienone is 1. The smallest absolute Gasteiger partial charge is 0.318 e.